The van der Waals surface area contributed by atoms with Crippen LogP contribution in [0.25, 0.3) is 33.5 Å². The fourth-order valence-corrected chi connectivity index (χ4v) is 4.10. The molecule has 0 aliphatic heterocycles. The van der Waals surface area contributed by atoms with E-state index in [1.165, 1.54) is 36.5 Å². The first-order chi connectivity index (χ1) is 19.9. The Kier molecular flexibility index (Phi) is 6.20. The zero-order chi connectivity index (χ0) is 28.5. The van der Waals surface area contributed by atoms with Crippen molar-refractivity contribution in [1.29, 1.82) is 0 Å². The van der Waals surface area contributed by atoms with Crippen LogP contribution in [0.2, 0.25) is 0 Å². The number of furan rings is 1. The number of fused-ring (bicyclic) bond motifs is 2. The van der Waals surface area contributed by atoms with E-state index in [-0.39, 0.29) is 40.2 Å². The van der Waals surface area contributed by atoms with E-state index in [1.807, 2.05) is 18.2 Å². The third kappa shape index (κ3) is 4.85. The molecule has 0 unspecified atom stereocenters. The molecule has 0 fully saturated rings. The van der Waals surface area contributed by atoms with E-state index in [0.29, 0.717) is 16.5 Å². The summed E-state index contributed by atoms with van der Waals surface area (Å²) in [6.07, 6.45) is 2.24. The summed E-state index contributed by atoms with van der Waals surface area (Å²) in [5.41, 5.74) is 0.178. The van der Waals surface area contributed by atoms with Gasteiger partial charge in [-0.05, 0) is 30.3 Å². The molecule has 200 valence electrons. The van der Waals surface area contributed by atoms with Crippen molar-refractivity contribution in [2.45, 2.75) is 0 Å². The summed E-state index contributed by atoms with van der Waals surface area (Å²) < 4.78 is 12.8. The number of nitro benzene ring substituents is 1. The second-order valence-corrected chi connectivity index (χ2v) is 8.66. The molecule has 3 aromatic carbocycles. The summed E-state index contributed by atoms with van der Waals surface area (Å²) in [5, 5.41) is 27.9. The molecule has 6 aromatic rings. The number of aromatic nitrogens is 3. The highest BCUT2D eigenvalue weighted by Gasteiger charge is 2.18. The maximum absolute atomic E-state index is 13.6. The van der Waals surface area contributed by atoms with Crippen LogP contribution < -0.4 is 10.3 Å². The van der Waals surface area contributed by atoms with Crippen LogP contribution in [0.4, 0.5) is 11.4 Å². The Hall–Kier alpha value is -6.24. The first kappa shape index (κ1) is 25.1. The third-order valence-corrected chi connectivity index (χ3v) is 6.06. The van der Waals surface area contributed by atoms with Crippen molar-refractivity contribution in [3.05, 3.63) is 127 Å². The summed E-state index contributed by atoms with van der Waals surface area (Å²) in [6.45, 7) is 0. The molecule has 0 saturated carbocycles. The monoisotopic (exact) mass is 548 g/mol. The third-order valence-electron chi connectivity index (χ3n) is 6.06. The first-order valence-corrected chi connectivity index (χ1v) is 12.0. The maximum Gasteiger partial charge on any atom is 0.287 e. The quantitative estimate of drug-likeness (QED) is 0.138. The Morgan fingerprint density at radius 2 is 1.66 bits per heavy atom. The molecule has 41 heavy (non-hydrogen) atoms. The number of pyridine rings is 1. The minimum atomic E-state index is -0.602. The molecule has 0 radical (unpaired) electrons. The van der Waals surface area contributed by atoms with Gasteiger partial charge in [-0.3, -0.25) is 25.0 Å². The summed E-state index contributed by atoms with van der Waals surface area (Å²) in [5.74, 6) is 0.516. The SMILES string of the molecule is O=c1c2ccccc2nc(-c2cc3ccccc3o2)n1N=Cc1cc([N+](=O)[O-])ccc1Oc1ccc([N+](=O)[O-])cn1. The summed E-state index contributed by atoms with van der Waals surface area (Å²) in [6, 6.07) is 22.1. The van der Waals surface area contributed by atoms with Crippen LogP contribution in [0.5, 0.6) is 11.6 Å². The largest absolute Gasteiger partial charge is 0.453 e. The van der Waals surface area contributed by atoms with Crippen molar-refractivity contribution in [2.24, 2.45) is 5.10 Å². The number of hydrogen-bond acceptors (Lipinski definition) is 10. The zero-order valence-electron chi connectivity index (χ0n) is 20.8. The van der Waals surface area contributed by atoms with Crippen LogP contribution in [-0.2, 0) is 0 Å². The smallest absolute Gasteiger partial charge is 0.287 e. The van der Waals surface area contributed by atoms with Crippen LogP contribution in [0, 0.1) is 20.2 Å². The van der Waals surface area contributed by atoms with Gasteiger partial charge in [-0.1, -0.05) is 30.3 Å². The van der Waals surface area contributed by atoms with Crippen molar-refractivity contribution < 1.29 is 19.0 Å². The van der Waals surface area contributed by atoms with Gasteiger partial charge in [0.05, 0.1) is 27.0 Å². The highest BCUT2D eigenvalue weighted by Crippen LogP contribution is 2.29. The van der Waals surface area contributed by atoms with Gasteiger partial charge in [-0.15, -0.1) is 0 Å². The molecule has 0 N–H and O–H groups in total. The Balaban J connectivity index is 1.48. The lowest BCUT2D eigenvalue weighted by Gasteiger charge is -2.09. The number of para-hydroxylation sites is 2. The summed E-state index contributed by atoms with van der Waals surface area (Å²) >= 11 is 0. The molecule has 0 atom stereocenters. The molecular weight excluding hydrogens is 532 g/mol. The van der Waals surface area contributed by atoms with Crippen LogP contribution >= 0.6 is 0 Å². The van der Waals surface area contributed by atoms with Crippen LogP contribution in [0.3, 0.4) is 0 Å². The first-order valence-electron chi connectivity index (χ1n) is 12.0. The number of benzene rings is 3. The van der Waals surface area contributed by atoms with Crippen LogP contribution in [-0.4, -0.2) is 30.7 Å². The Labute approximate surface area is 228 Å². The molecule has 6 rings (SSSR count). The van der Waals surface area contributed by atoms with E-state index in [1.54, 1.807) is 36.4 Å². The van der Waals surface area contributed by atoms with Gasteiger partial charge in [0.2, 0.25) is 11.7 Å². The lowest BCUT2D eigenvalue weighted by atomic mass is 10.2. The van der Waals surface area contributed by atoms with Gasteiger partial charge in [0.15, 0.2) is 5.76 Å². The fraction of sp³-hybridized carbons (Fsp3) is 0. The average Bonchev–Trinajstić information content (AvgIpc) is 3.42. The predicted molar refractivity (Wildman–Crippen MR) is 148 cm³/mol. The second kappa shape index (κ2) is 10.1. The normalized spacial score (nSPS) is 11.3. The zero-order valence-corrected chi connectivity index (χ0v) is 20.8. The molecule has 3 heterocycles. The van der Waals surface area contributed by atoms with Crippen molar-refractivity contribution >= 4 is 39.5 Å². The average molecular weight is 548 g/mol. The highest BCUT2D eigenvalue weighted by atomic mass is 16.6. The van der Waals surface area contributed by atoms with E-state index in [0.717, 1.165) is 16.3 Å². The van der Waals surface area contributed by atoms with E-state index < -0.39 is 15.4 Å². The highest BCUT2D eigenvalue weighted by molar-refractivity contribution is 5.86. The van der Waals surface area contributed by atoms with Gasteiger partial charge >= 0.3 is 0 Å². The predicted octanol–water partition coefficient (Wildman–Crippen LogP) is 5.70. The summed E-state index contributed by atoms with van der Waals surface area (Å²) in [7, 11) is 0. The molecule has 0 bridgehead atoms. The standard InChI is InChI=1S/C28H16N6O7/c35-28-21-6-2-3-7-22(21)31-27(25-14-17-5-1-4-8-23(17)40-25)32(28)30-15-18-13-19(33(36)37)9-11-24(18)41-26-12-10-20(16-29-26)34(38)39/h1-16H. The number of nitrogens with zero attached hydrogens (tertiary/aromatic N) is 6. The Bertz CT molecular complexity index is 2030. The van der Waals surface area contributed by atoms with Gasteiger partial charge in [-0.2, -0.15) is 9.78 Å². The Morgan fingerprint density at radius 1 is 0.902 bits per heavy atom. The van der Waals surface area contributed by atoms with Crippen molar-refractivity contribution in [3.63, 3.8) is 0 Å². The molecule has 13 heteroatoms. The molecule has 0 aliphatic rings. The second-order valence-electron chi connectivity index (χ2n) is 8.66. The number of hydrogen-bond donors (Lipinski definition) is 0. The number of non-ortho nitro benzene ring substituents is 1. The van der Waals surface area contributed by atoms with Gasteiger partial charge < -0.3 is 9.15 Å². The van der Waals surface area contributed by atoms with E-state index >= 15 is 0 Å². The Morgan fingerprint density at radius 3 is 2.41 bits per heavy atom. The van der Waals surface area contributed by atoms with Crippen LogP contribution in [0.15, 0.2) is 105 Å². The molecule has 0 saturated heterocycles. The van der Waals surface area contributed by atoms with Gasteiger partial charge in [0.25, 0.3) is 16.9 Å². The van der Waals surface area contributed by atoms with Crippen molar-refractivity contribution in [2.75, 3.05) is 0 Å². The van der Waals surface area contributed by atoms with Gasteiger partial charge in [-0.25, -0.2) is 9.97 Å². The molecule has 3 aromatic heterocycles. The molecule has 0 amide bonds. The van der Waals surface area contributed by atoms with Gasteiger partial charge in [0.1, 0.15) is 17.5 Å². The lowest BCUT2D eigenvalue weighted by Crippen LogP contribution is -2.20. The minimum Gasteiger partial charge on any atom is -0.453 e. The van der Waals surface area contributed by atoms with Crippen molar-refractivity contribution in [1.82, 2.24) is 14.6 Å². The maximum atomic E-state index is 13.6. The molecule has 13 nitrogen and oxygen atoms in total. The molecular formula is C28H16N6O7. The van der Waals surface area contributed by atoms with E-state index in [4.69, 9.17) is 9.15 Å². The van der Waals surface area contributed by atoms with Crippen LogP contribution in [0.1, 0.15) is 5.56 Å². The fourth-order valence-electron chi connectivity index (χ4n) is 4.10. The van der Waals surface area contributed by atoms with E-state index in [2.05, 4.69) is 15.1 Å². The molecule has 0 aliphatic carbocycles. The summed E-state index contributed by atoms with van der Waals surface area (Å²) in [4.78, 5) is 43.3. The minimum absolute atomic E-state index is 0.00612. The molecule has 0 spiro atoms. The number of nitro groups is 2. The van der Waals surface area contributed by atoms with Crippen molar-refractivity contribution in [3.8, 4) is 23.2 Å². The number of ether oxygens (including phenoxy) is 1. The topological polar surface area (TPSA) is 169 Å². The lowest BCUT2D eigenvalue weighted by molar-refractivity contribution is -0.385. The van der Waals surface area contributed by atoms with Gasteiger partial charge in [0, 0.05) is 35.2 Å². The number of rotatable bonds is 7. The van der Waals surface area contributed by atoms with E-state index in [9.17, 15) is 25.0 Å².